The molecule has 0 fully saturated rings. The van der Waals surface area contributed by atoms with E-state index in [-0.39, 0.29) is 5.82 Å². The third-order valence-electron chi connectivity index (χ3n) is 2.86. The van der Waals surface area contributed by atoms with Crippen LogP contribution < -0.4 is 4.90 Å². The van der Waals surface area contributed by atoms with Crippen LogP contribution in [0.5, 0.6) is 0 Å². The highest BCUT2D eigenvalue weighted by Gasteiger charge is 2.10. The van der Waals surface area contributed by atoms with Crippen LogP contribution in [-0.2, 0) is 6.54 Å². The SMILES string of the molecule is CN(Cc1ccccc1F)c1cc(Br)ccc1C#N. The highest BCUT2D eigenvalue weighted by Crippen LogP contribution is 2.25. The number of nitriles is 1. The molecule has 0 radical (unpaired) electrons. The molecule has 0 bridgehead atoms. The second-order valence-corrected chi connectivity index (χ2v) is 5.14. The Labute approximate surface area is 120 Å². The molecule has 96 valence electrons. The summed E-state index contributed by atoms with van der Waals surface area (Å²) in [6.07, 6.45) is 0. The standard InChI is InChI=1S/C15H12BrFN2/c1-19(10-12-4-2-3-5-14(12)17)15-8-13(16)7-6-11(15)9-18/h2-8H,10H2,1H3. The molecule has 0 atom stereocenters. The van der Waals surface area contributed by atoms with Gasteiger partial charge in [-0.15, -0.1) is 0 Å². The van der Waals surface area contributed by atoms with Crippen molar-refractivity contribution in [1.29, 1.82) is 5.26 Å². The van der Waals surface area contributed by atoms with Gasteiger partial charge in [0.25, 0.3) is 0 Å². The van der Waals surface area contributed by atoms with Crippen molar-refractivity contribution in [3.8, 4) is 6.07 Å². The van der Waals surface area contributed by atoms with Gasteiger partial charge in [0.05, 0.1) is 11.3 Å². The molecule has 0 amide bonds. The molecule has 0 unspecified atom stereocenters. The molecule has 0 spiro atoms. The number of rotatable bonds is 3. The lowest BCUT2D eigenvalue weighted by Crippen LogP contribution is -2.18. The van der Waals surface area contributed by atoms with E-state index in [0.717, 1.165) is 10.2 Å². The quantitative estimate of drug-likeness (QED) is 0.852. The molecule has 2 rings (SSSR count). The average molecular weight is 319 g/mol. The zero-order valence-corrected chi connectivity index (χ0v) is 12.0. The Morgan fingerprint density at radius 3 is 2.68 bits per heavy atom. The van der Waals surface area contributed by atoms with E-state index in [1.807, 2.05) is 24.1 Å². The zero-order valence-electron chi connectivity index (χ0n) is 10.4. The van der Waals surface area contributed by atoms with Crippen molar-refractivity contribution >= 4 is 21.6 Å². The Kier molecular flexibility index (Phi) is 4.18. The zero-order chi connectivity index (χ0) is 13.8. The van der Waals surface area contributed by atoms with Gasteiger partial charge in [0.15, 0.2) is 0 Å². The summed E-state index contributed by atoms with van der Waals surface area (Å²) in [4.78, 5) is 1.86. The minimum atomic E-state index is -0.233. The number of benzene rings is 2. The molecule has 0 aromatic heterocycles. The second kappa shape index (κ2) is 5.85. The maximum absolute atomic E-state index is 13.6. The van der Waals surface area contributed by atoms with Crippen LogP contribution in [0.4, 0.5) is 10.1 Å². The van der Waals surface area contributed by atoms with E-state index in [0.29, 0.717) is 17.7 Å². The molecule has 0 N–H and O–H groups in total. The van der Waals surface area contributed by atoms with E-state index >= 15 is 0 Å². The summed E-state index contributed by atoms with van der Waals surface area (Å²) >= 11 is 3.38. The lowest BCUT2D eigenvalue weighted by molar-refractivity contribution is 0.608. The van der Waals surface area contributed by atoms with Gasteiger partial charge in [-0.3, -0.25) is 0 Å². The van der Waals surface area contributed by atoms with Gasteiger partial charge >= 0.3 is 0 Å². The molecule has 2 nitrogen and oxygen atoms in total. The fourth-order valence-corrected chi connectivity index (χ4v) is 2.23. The van der Waals surface area contributed by atoms with Crippen molar-refractivity contribution in [2.24, 2.45) is 0 Å². The third-order valence-corrected chi connectivity index (χ3v) is 3.35. The summed E-state index contributed by atoms with van der Waals surface area (Å²) in [5, 5.41) is 9.11. The van der Waals surface area contributed by atoms with E-state index in [1.165, 1.54) is 6.07 Å². The van der Waals surface area contributed by atoms with Crippen molar-refractivity contribution < 1.29 is 4.39 Å². The predicted octanol–water partition coefficient (Wildman–Crippen LogP) is 4.10. The van der Waals surface area contributed by atoms with Gasteiger partial charge in [-0.25, -0.2) is 4.39 Å². The van der Waals surface area contributed by atoms with E-state index in [1.54, 1.807) is 24.3 Å². The van der Waals surface area contributed by atoms with Crippen molar-refractivity contribution in [3.05, 3.63) is 63.9 Å². The lowest BCUT2D eigenvalue weighted by atomic mass is 10.1. The normalized spacial score (nSPS) is 10.0. The molecular formula is C15H12BrFN2. The smallest absolute Gasteiger partial charge is 0.128 e. The van der Waals surface area contributed by atoms with Crippen molar-refractivity contribution in [2.45, 2.75) is 6.54 Å². The number of halogens is 2. The molecule has 0 saturated heterocycles. The first-order chi connectivity index (χ1) is 9.11. The molecule has 2 aromatic carbocycles. The summed E-state index contributed by atoms with van der Waals surface area (Å²) in [5.41, 5.74) is 1.95. The van der Waals surface area contributed by atoms with Gasteiger partial charge in [-0.2, -0.15) is 5.26 Å². The van der Waals surface area contributed by atoms with E-state index in [2.05, 4.69) is 22.0 Å². The van der Waals surface area contributed by atoms with Crippen molar-refractivity contribution in [2.75, 3.05) is 11.9 Å². The van der Waals surface area contributed by atoms with E-state index in [4.69, 9.17) is 5.26 Å². The maximum atomic E-state index is 13.6. The van der Waals surface area contributed by atoms with Gasteiger partial charge in [0.1, 0.15) is 11.9 Å². The Hall–Kier alpha value is -1.86. The maximum Gasteiger partial charge on any atom is 0.128 e. The van der Waals surface area contributed by atoms with E-state index < -0.39 is 0 Å². The summed E-state index contributed by atoms with van der Waals surface area (Å²) < 4.78 is 14.5. The van der Waals surface area contributed by atoms with E-state index in [9.17, 15) is 4.39 Å². The van der Waals surface area contributed by atoms with Gasteiger partial charge in [0.2, 0.25) is 0 Å². The van der Waals surface area contributed by atoms with Gasteiger partial charge in [-0.1, -0.05) is 34.1 Å². The van der Waals surface area contributed by atoms with Crippen LogP contribution in [0.3, 0.4) is 0 Å². The summed E-state index contributed by atoms with van der Waals surface area (Å²) in [6, 6.07) is 14.2. The van der Waals surface area contributed by atoms with Crippen LogP contribution in [-0.4, -0.2) is 7.05 Å². The first-order valence-electron chi connectivity index (χ1n) is 5.76. The second-order valence-electron chi connectivity index (χ2n) is 4.22. The summed E-state index contributed by atoms with van der Waals surface area (Å²) in [7, 11) is 1.84. The monoisotopic (exact) mass is 318 g/mol. The Morgan fingerprint density at radius 2 is 2.00 bits per heavy atom. The minimum absolute atomic E-state index is 0.233. The topological polar surface area (TPSA) is 27.0 Å². The number of hydrogen-bond donors (Lipinski definition) is 0. The van der Waals surface area contributed by atoms with Gasteiger partial charge in [0, 0.05) is 23.6 Å². The van der Waals surface area contributed by atoms with Crippen LogP contribution in [0, 0.1) is 17.1 Å². The Balaban J connectivity index is 2.30. The predicted molar refractivity (Wildman–Crippen MR) is 77.4 cm³/mol. The summed E-state index contributed by atoms with van der Waals surface area (Å²) in [5.74, 6) is -0.233. The molecule has 0 saturated carbocycles. The fraction of sp³-hybridized carbons (Fsp3) is 0.133. The molecule has 0 aliphatic carbocycles. The largest absolute Gasteiger partial charge is 0.369 e. The van der Waals surface area contributed by atoms with Gasteiger partial charge in [-0.05, 0) is 24.3 Å². The molecule has 19 heavy (non-hydrogen) atoms. The van der Waals surface area contributed by atoms with Crippen LogP contribution in [0.25, 0.3) is 0 Å². The molecular weight excluding hydrogens is 307 g/mol. The molecule has 2 aromatic rings. The number of nitrogens with zero attached hydrogens (tertiary/aromatic N) is 2. The van der Waals surface area contributed by atoms with Crippen LogP contribution in [0.1, 0.15) is 11.1 Å². The lowest BCUT2D eigenvalue weighted by Gasteiger charge is -2.21. The number of anilines is 1. The Morgan fingerprint density at radius 1 is 1.26 bits per heavy atom. The highest BCUT2D eigenvalue weighted by molar-refractivity contribution is 9.10. The third kappa shape index (κ3) is 3.12. The van der Waals surface area contributed by atoms with Crippen molar-refractivity contribution in [3.63, 3.8) is 0 Å². The fourth-order valence-electron chi connectivity index (χ4n) is 1.88. The molecule has 0 aliphatic heterocycles. The molecule has 0 heterocycles. The van der Waals surface area contributed by atoms with Crippen LogP contribution >= 0.6 is 15.9 Å². The Bertz CT molecular complexity index is 634. The molecule has 0 aliphatic rings. The minimum Gasteiger partial charge on any atom is -0.369 e. The average Bonchev–Trinajstić information content (AvgIpc) is 2.41. The number of hydrogen-bond acceptors (Lipinski definition) is 2. The first-order valence-corrected chi connectivity index (χ1v) is 6.55. The molecule has 4 heteroatoms. The summed E-state index contributed by atoms with van der Waals surface area (Å²) in [6.45, 7) is 0.414. The van der Waals surface area contributed by atoms with Crippen LogP contribution in [0.2, 0.25) is 0 Å². The highest BCUT2D eigenvalue weighted by atomic mass is 79.9. The van der Waals surface area contributed by atoms with Crippen LogP contribution in [0.15, 0.2) is 46.9 Å². The van der Waals surface area contributed by atoms with Crippen molar-refractivity contribution in [1.82, 2.24) is 0 Å². The first kappa shape index (κ1) is 13.6. The van der Waals surface area contributed by atoms with Gasteiger partial charge < -0.3 is 4.90 Å².